The number of aryl methyl sites for hydroxylation is 1. The zero-order chi connectivity index (χ0) is 42.4. The zero-order valence-corrected chi connectivity index (χ0v) is 34.3. The summed E-state index contributed by atoms with van der Waals surface area (Å²) in [6.45, 7) is 9.28. The van der Waals surface area contributed by atoms with Crippen molar-refractivity contribution in [2.45, 2.75) is 71.0 Å². The predicted octanol–water partition coefficient (Wildman–Crippen LogP) is 7.98. The van der Waals surface area contributed by atoms with Crippen LogP contribution in [0.25, 0.3) is 28.0 Å². The Labute approximate surface area is 339 Å². The van der Waals surface area contributed by atoms with Crippen LogP contribution in [-0.2, 0) is 11.2 Å². The van der Waals surface area contributed by atoms with E-state index in [1.54, 1.807) is 30.2 Å². The van der Waals surface area contributed by atoms with Crippen molar-refractivity contribution in [1.82, 2.24) is 19.5 Å². The summed E-state index contributed by atoms with van der Waals surface area (Å²) >= 11 is 0. The van der Waals surface area contributed by atoms with Crippen LogP contribution in [0.1, 0.15) is 63.3 Å². The second-order valence-electron chi connectivity index (χ2n) is 16.2. The Morgan fingerprint density at radius 1 is 0.881 bits per heavy atom. The maximum Gasteiger partial charge on any atom is 0.450 e. The highest BCUT2D eigenvalue weighted by Crippen LogP contribution is 2.43. The lowest BCUT2D eigenvalue weighted by Gasteiger charge is -2.41. The van der Waals surface area contributed by atoms with Crippen molar-refractivity contribution in [3.63, 3.8) is 0 Å². The van der Waals surface area contributed by atoms with Crippen molar-refractivity contribution in [3.8, 4) is 16.9 Å². The lowest BCUT2D eigenvalue weighted by atomic mass is 9.92. The molecule has 6 aromatic rings. The fraction of sp³-hybridized carbons (Fsp3) is 0.311. The van der Waals surface area contributed by atoms with E-state index >= 15 is 8.78 Å². The number of carbonyl (C=O) groups excluding carboxylic acids is 1. The third kappa shape index (κ3) is 7.59. The SMILES string of the molecule is Cc1ccnc(C(C)C)c1-n1c(=O)nc(N2CCC(C(=O)C(F)(F)F)CC2)c2cc(F)c(-c3c(F)cccc3CC(C)(C)[Si](O)(c3ccccc3)c3ccccc3)nc21. The predicted molar refractivity (Wildman–Crippen MR) is 221 cm³/mol. The average Bonchev–Trinajstić information content (AvgIpc) is 3.20. The van der Waals surface area contributed by atoms with Crippen LogP contribution in [0.3, 0.4) is 0 Å². The summed E-state index contributed by atoms with van der Waals surface area (Å²) in [6.07, 6.45) is -3.59. The first-order chi connectivity index (χ1) is 27.9. The van der Waals surface area contributed by atoms with Gasteiger partial charge in [-0.15, -0.1) is 0 Å². The van der Waals surface area contributed by atoms with Gasteiger partial charge in [0.1, 0.15) is 23.1 Å². The molecule has 1 fully saturated rings. The van der Waals surface area contributed by atoms with E-state index in [9.17, 15) is 27.6 Å². The number of anilines is 1. The van der Waals surface area contributed by atoms with Gasteiger partial charge in [-0.3, -0.25) is 9.78 Å². The third-order valence-electron chi connectivity index (χ3n) is 11.5. The number of fused-ring (bicyclic) bond motifs is 1. The number of aromatic nitrogens is 4. The van der Waals surface area contributed by atoms with Crippen molar-refractivity contribution >= 4 is 41.3 Å². The lowest BCUT2D eigenvalue weighted by molar-refractivity contribution is -0.176. The fourth-order valence-electron chi connectivity index (χ4n) is 8.49. The molecule has 1 aliphatic rings. The number of alkyl halides is 3. The molecule has 7 rings (SSSR count). The van der Waals surface area contributed by atoms with Crippen molar-refractivity contribution < 1.29 is 31.5 Å². The molecule has 4 heterocycles. The minimum atomic E-state index is -4.98. The van der Waals surface area contributed by atoms with Crippen LogP contribution in [-0.4, -0.2) is 57.7 Å². The van der Waals surface area contributed by atoms with Crippen LogP contribution in [0, 0.1) is 24.5 Å². The maximum atomic E-state index is 16.9. The molecule has 3 aromatic heterocycles. The molecule has 1 saturated heterocycles. The normalized spacial score (nSPS) is 14.3. The van der Waals surface area contributed by atoms with Crippen molar-refractivity contribution in [1.29, 1.82) is 0 Å². The molecule has 0 aliphatic carbocycles. The van der Waals surface area contributed by atoms with E-state index in [1.807, 2.05) is 88.4 Å². The number of carbonyl (C=O) groups is 1. The minimum absolute atomic E-state index is 0.0126. The molecule has 59 heavy (non-hydrogen) atoms. The van der Waals surface area contributed by atoms with Gasteiger partial charge in [0.05, 0.1) is 16.8 Å². The van der Waals surface area contributed by atoms with Crippen LogP contribution in [0.2, 0.25) is 5.04 Å². The largest absolute Gasteiger partial charge is 0.450 e. The highest BCUT2D eigenvalue weighted by molar-refractivity contribution is 6.98. The molecule has 0 saturated carbocycles. The van der Waals surface area contributed by atoms with Crippen LogP contribution in [0.5, 0.6) is 0 Å². The second kappa shape index (κ2) is 15.9. The summed E-state index contributed by atoms with van der Waals surface area (Å²) < 4.78 is 74.6. The molecular formula is C45H44F5N5O3Si. The molecule has 0 radical (unpaired) electrons. The van der Waals surface area contributed by atoms with Gasteiger partial charge in [-0.25, -0.2) is 23.1 Å². The summed E-state index contributed by atoms with van der Waals surface area (Å²) in [5, 5.41) is 0.641. The Morgan fingerprint density at radius 3 is 2.07 bits per heavy atom. The number of piperidine rings is 1. The van der Waals surface area contributed by atoms with Gasteiger partial charge < -0.3 is 9.70 Å². The highest BCUT2D eigenvalue weighted by atomic mass is 28.4. The van der Waals surface area contributed by atoms with E-state index in [0.717, 1.165) is 16.4 Å². The zero-order valence-electron chi connectivity index (χ0n) is 33.3. The molecule has 306 valence electrons. The first kappa shape index (κ1) is 41.6. The van der Waals surface area contributed by atoms with Gasteiger partial charge in [-0.05, 0) is 76.8 Å². The molecule has 0 unspecified atom stereocenters. The van der Waals surface area contributed by atoms with Crippen molar-refractivity contribution in [2.24, 2.45) is 5.92 Å². The Hall–Kier alpha value is -5.60. The average molecular weight is 826 g/mol. The van der Waals surface area contributed by atoms with Gasteiger partial charge >= 0.3 is 11.9 Å². The van der Waals surface area contributed by atoms with E-state index in [0.29, 0.717) is 22.5 Å². The molecule has 8 nitrogen and oxygen atoms in total. The summed E-state index contributed by atoms with van der Waals surface area (Å²) in [7, 11) is -3.63. The molecule has 1 aliphatic heterocycles. The number of hydrogen-bond donors (Lipinski definition) is 1. The van der Waals surface area contributed by atoms with Gasteiger partial charge in [-0.2, -0.15) is 18.2 Å². The number of rotatable bonds is 10. The number of benzene rings is 3. The van der Waals surface area contributed by atoms with Crippen LogP contribution in [0.15, 0.2) is 102 Å². The molecule has 0 amide bonds. The van der Waals surface area contributed by atoms with E-state index in [4.69, 9.17) is 4.98 Å². The fourth-order valence-corrected chi connectivity index (χ4v) is 12.2. The molecule has 14 heteroatoms. The number of pyridine rings is 2. The Balaban J connectivity index is 1.43. The second-order valence-corrected chi connectivity index (χ2v) is 20.1. The van der Waals surface area contributed by atoms with Gasteiger partial charge in [0.15, 0.2) is 5.65 Å². The lowest BCUT2D eigenvalue weighted by Crippen LogP contribution is -2.65. The highest BCUT2D eigenvalue weighted by Gasteiger charge is 2.50. The van der Waals surface area contributed by atoms with Gasteiger partial charge in [0.25, 0.3) is 8.32 Å². The van der Waals surface area contributed by atoms with E-state index in [1.165, 1.54) is 16.7 Å². The Kier molecular flexibility index (Phi) is 11.2. The number of halogens is 5. The number of nitrogens with zero attached hydrogens (tertiary/aromatic N) is 5. The summed E-state index contributed by atoms with van der Waals surface area (Å²) in [5.41, 5.74) is 0.524. The third-order valence-corrected chi connectivity index (χ3v) is 16.0. The van der Waals surface area contributed by atoms with Gasteiger partial charge in [-0.1, -0.05) is 100 Å². The van der Waals surface area contributed by atoms with Gasteiger partial charge in [0, 0.05) is 30.8 Å². The van der Waals surface area contributed by atoms with Crippen LogP contribution < -0.4 is 21.0 Å². The molecule has 1 N–H and O–H groups in total. The van der Waals surface area contributed by atoms with Crippen molar-refractivity contribution in [2.75, 3.05) is 18.0 Å². The smallest absolute Gasteiger partial charge is 0.424 e. The first-order valence-corrected chi connectivity index (χ1v) is 21.4. The standard InChI is InChI=1S/C45H44F5N5O3Si/c1-27(2)37-39(28(3)19-22-51-37)55-42-33(41(53-43(55)57)54-23-20-29(21-24-54)40(56)45(48,49)50)25-35(47)38(52-42)36-30(13-12-18-34(36)46)26-44(4,5)59(58,31-14-8-6-9-15-31)32-16-10-7-11-17-32/h6-19,22,25,27,29,58H,20-21,23-24,26H2,1-5H3. The van der Waals surface area contributed by atoms with Gasteiger partial charge in [0.2, 0.25) is 5.78 Å². The molecular weight excluding hydrogens is 782 g/mol. The number of hydrogen-bond acceptors (Lipinski definition) is 7. The monoisotopic (exact) mass is 825 g/mol. The molecule has 0 bridgehead atoms. The first-order valence-electron chi connectivity index (χ1n) is 19.5. The summed E-state index contributed by atoms with van der Waals surface area (Å²) in [5.74, 6) is -4.97. The van der Waals surface area contributed by atoms with Crippen LogP contribution in [0.4, 0.5) is 27.8 Å². The van der Waals surface area contributed by atoms with Crippen molar-refractivity contribution in [3.05, 3.63) is 136 Å². The Bertz CT molecular complexity index is 2550. The Morgan fingerprint density at radius 2 is 1.49 bits per heavy atom. The number of Topliss-reactive ketones (excluding diaryl/α,β-unsaturated/α-hetero) is 1. The topological polar surface area (TPSA) is 101 Å². The summed E-state index contributed by atoms with van der Waals surface area (Å²) in [6, 6.07) is 25.9. The van der Waals surface area contributed by atoms with Crippen LogP contribution >= 0.6 is 0 Å². The molecule has 3 aromatic carbocycles. The van der Waals surface area contributed by atoms with E-state index < -0.39 is 48.6 Å². The minimum Gasteiger partial charge on any atom is -0.424 e. The molecule has 0 spiro atoms. The maximum absolute atomic E-state index is 16.9. The van der Waals surface area contributed by atoms with E-state index in [-0.39, 0.29) is 66.4 Å². The number of ketones is 1. The summed E-state index contributed by atoms with van der Waals surface area (Å²) in [4.78, 5) is 54.6. The quantitative estimate of drug-likeness (QED) is 0.111. The molecule has 0 atom stereocenters. The van der Waals surface area contributed by atoms with E-state index in [2.05, 4.69) is 9.97 Å².